The van der Waals surface area contributed by atoms with E-state index in [1.807, 2.05) is 6.07 Å². The van der Waals surface area contributed by atoms with E-state index in [2.05, 4.69) is 55.5 Å². The summed E-state index contributed by atoms with van der Waals surface area (Å²) in [7, 11) is 0. The summed E-state index contributed by atoms with van der Waals surface area (Å²) in [4.78, 5) is 0. The van der Waals surface area contributed by atoms with Crippen LogP contribution < -0.4 is 0 Å². The summed E-state index contributed by atoms with van der Waals surface area (Å²) in [6, 6.07) is 23.8. The van der Waals surface area contributed by atoms with E-state index in [0.717, 1.165) is 30.2 Å². The van der Waals surface area contributed by atoms with Crippen LogP contribution in [-0.2, 0) is 32.1 Å². The maximum Gasteiger partial charge on any atom is 0.142 e. The summed E-state index contributed by atoms with van der Waals surface area (Å²) in [5.74, 6) is 1.47. The molecule has 0 unspecified atom stereocenters. The van der Waals surface area contributed by atoms with Gasteiger partial charge in [-0.3, -0.25) is 0 Å². The highest BCUT2D eigenvalue weighted by molar-refractivity contribution is 6.30. The minimum Gasteiger partial charge on any atom is -0.205 e. The van der Waals surface area contributed by atoms with Crippen LogP contribution >= 0.6 is 11.6 Å². The van der Waals surface area contributed by atoms with Crippen molar-refractivity contribution >= 4 is 11.6 Å². The maximum atomic E-state index is 13.7. The van der Waals surface area contributed by atoms with Gasteiger partial charge in [0.15, 0.2) is 0 Å². The average Bonchev–Trinajstić information content (AvgIpc) is 3.01. The van der Waals surface area contributed by atoms with Gasteiger partial charge in [-0.25, -0.2) is 4.39 Å². The topological polar surface area (TPSA) is 0 Å². The van der Waals surface area contributed by atoms with E-state index in [1.165, 1.54) is 125 Å². The standard InChI is InChI=1S/C39H52ClF/c1-2-3-4-5-6-7-8-9-31-10-12-32(13-11-31)14-15-33-16-18-34(19-17-33)20-21-35-22-24-36(25-23-35)26-27-37-28-29-38(40)39(41)30-37/h10-13,22-25,28-30,33-34H,2-9,14-21,26-27H2,1H3. The van der Waals surface area contributed by atoms with Crippen molar-refractivity contribution in [2.24, 2.45) is 11.8 Å². The molecule has 2 heteroatoms. The summed E-state index contributed by atoms with van der Waals surface area (Å²) in [6.45, 7) is 2.29. The van der Waals surface area contributed by atoms with Crippen molar-refractivity contribution < 1.29 is 4.39 Å². The summed E-state index contributed by atoms with van der Waals surface area (Å²) < 4.78 is 13.7. The highest BCUT2D eigenvalue weighted by Crippen LogP contribution is 2.34. The van der Waals surface area contributed by atoms with Crippen LogP contribution in [0.3, 0.4) is 0 Å². The molecule has 1 aliphatic carbocycles. The highest BCUT2D eigenvalue weighted by atomic mass is 35.5. The van der Waals surface area contributed by atoms with Gasteiger partial charge in [0.25, 0.3) is 0 Å². The zero-order chi connectivity index (χ0) is 28.7. The second-order valence-electron chi connectivity index (χ2n) is 12.7. The van der Waals surface area contributed by atoms with Gasteiger partial charge in [0.05, 0.1) is 5.02 Å². The van der Waals surface area contributed by atoms with Gasteiger partial charge in [-0.05, 0) is 103 Å². The van der Waals surface area contributed by atoms with E-state index in [9.17, 15) is 4.39 Å². The number of halogens is 2. The maximum absolute atomic E-state index is 13.7. The van der Waals surface area contributed by atoms with Crippen LogP contribution in [0.2, 0.25) is 5.02 Å². The molecule has 0 aromatic heterocycles. The monoisotopic (exact) mass is 574 g/mol. The fraction of sp³-hybridized carbons (Fsp3) is 0.538. The smallest absolute Gasteiger partial charge is 0.142 e. The van der Waals surface area contributed by atoms with Crippen LogP contribution in [0.4, 0.5) is 4.39 Å². The van der Waals surface area contributed by atoms with Gasteiger partial charge in [-0.1, -0.05) is 137 Å². The van der Waals surface area contributed by atoms with Gasteiger partial charge in [-0.15, -0.1) is 0 Å². The number of hydrogen-bond acceptors (Lipinski definition) is 0. The Labute approximate surface area is 255 Å². The molecule has 0 amide bonds. The largest absolute Gasteiger partial charge is 0.205 e. The molecule has 0 spiro atoms. The Bertz CT molecular complexity index is 1130. The lowest BCUT2D eigenvalue weighted by atomic mass is 9.77. The third-order valence-electron chi connectivity index (χ3n) is 9.45. The zero-order valence-corrected chi connectivity index (χ0v) is 26.2. The lowest BCUT2D eigenvalue weighted by molar-refractivity contribution is 0.253. The van der Waals surface area contributed by atoms with Crippen molar-refractivity contribution in [3.63, 3.8) is 0 Å². The molecule has 222 valence electrons. The summed E-state index contributed by atoms with van der Waals surface area (Å²) >= 11 is 5.80. The molecular weight excluding hydrogens is 523 g/mol. The molecule has 1 aliphatic rings. The fourth-order valence-corrected chi connectivity index (χ4v) is 6.68. The van der Waals surface area contributed by atoms with Crippen molar-refractivity contribution in [2.45, 2.75) is 122 Å². The molecule has 0 bridgehead atoms. The number of aryl methyl sites for hydroxylation is 5. The Kier molecular flexibility index (Phi) is 13.8. The fourth-order valence-electron chi connectivity index (χ4n) is 6.57. The van der Waals surface area contributed by atoms with Crippen LogP contribution in [-0.4, -0.2) is 0 Å². The molecular formula is C39H52ClF. The molecule has 0 atom stereocenters. The van der Waals surface area contributed by atoms with Gasteiger partial charge in [-0.2, -0.15) is 0 Å². The molecule has 0 nitrogen and oxygen atoms in total. The molecule has 3 aromatic rings. The SMILES string of the molecule is CCCCCCCCCc1ccc(CCC2CCC(CCc3ccc(CCc4ccc(Cl)c(F)c4)cc3)CC2)cc1. The first kappa shape index (κ1) is 31.8. The second kappa shape index (κ2) is 17.7. The lowest BCUT2D eigenvalue weighted by Crippen LogP contribution is -2.15. The van der Waals surface area contributed by atoms with Gasteiger partial charge in [0, 0.05) is 0 Å². The predicted molar refractivity (Wildman–Crippen MR) is 175 cm³/mol. The second-order valence-corrected chi connectivity index (χ2v) is 13.1. The lowest BCUT2D eigenvalue weighted by Gasteiger charge is -2.28. The number of unbranched alkanes of at least 4 members (excludes halogenated alkanes) is 6. The molecule has 41 heavy (non-hydrogen) atoms. The van der Waals surface area contributed by atoms with E-state index in [4.69, 9.17) is 11.6 Å². The van der Waals surface area contributed by atoms with Crippen molar-refractivity contribution in [3.05, 3.63) is 105 Å². The Morgan fingerprint density at radius 2 is 0.951 bits per heavy atom. The number of rotatable bonds is 17. The highest BCUT2D eigenvalue weighted by Gasteiger charge is 2.21. The Balaban J connectivity index is 1.06. The molecule has 1 fully saturated rings. The van der Waals surface area contributed by atoms with Crippen molar-refractivity contribution in [1.29, 1.82) is 0 Å². The van der Waals surface area contributed by atoms with Gasteiger partial charge >= 0.3 is 0 Å². The molecule has 0 N–H and O–H groups in total. The third-order valence-corrected chi connectivity index (χ3v) is 9.76. The van der Waals surface area contributed by atoms with Crippen LogP contribution in [0.25, 0.3) is 0 Å². The molecule has 0 aliphatic heterocycles. The first-order valence-corrected chi connectivity index (χ1v) is 17.1. The quantitative estimate of drug-likeness (QED) is 0.141. The van der Waals surface area contributed by atoms with Crippen molar-refractivity contribution in [3.8, 4) is 0 Å². The molecule has 0 heterocycles. The van der Waals surface area contributed by atoms with E-state index >= 15 is 0 Å². The predicted octanol–water partition coefficient (Wildman–Crippen LogP) is 11.9. The van der Waals surface area contributed by atoms with Gasteiger partial charge in [0.2, 0.25) is 0 Å². The molecule has 0 radical (unpaired) electrons. The zero-order valence-electron chi connectivity index (χ0n) is 25.5. The van der Waals surface area contributed by atoms with Crippen LogP contribution in [0.5, 0.6) is 0 Å². The average molecular weight is 575 g/mol. The van der Waals surface area contributed by atoms with Crippen LogP contribution in [0.1, 0.15) is 118 Å². The van der Waals surface area contributed by atoms with E-state index in [1.54, 1.807) is 12.1 Å². The normalized spacial score (nSPS) is 17.1. The molecule has 3 aromatic carbocycles. The van der Waals surface area contributed by atoms with Gasteiger partial charge < -0.3 is 0 Å². The Morgan fingerprint density at radius 3 is 1.46 bits per heavy atom. The Hall–Kier alpha value is -2.12. The number of benzene rings is 3. The van der Waals surface area contributed by atoms with E-state index in [0.29, 0.717) is 0 Å². The Morgan fingerprint density at radius 1 is 0.537 bits per heavy atom. The summed E-state index contributed by atoms with van der Waals surface area (Å²) in [5.41, 5.74) is 6.81. The van der Waals surface area contributed by atoms with Crippen molar-refractivity contribution in [2.75, 3.05) is 0 Å². The minimum atomic E-state index is -0.326. The first-order chi connectivity index (χ1) is 20.1. The van der Waals surface area contributed by atoms with Crippen molar-refractivity contribution in [1.82, 2.24) is 0 Å². The number of hydrogen-bond donors (Lipinski definition) is 0. The minimum absolute atomic E-state index is 0.196. The molecule has 0 saturated heterocycles. The van der Waals surface area contributed by atoms with Crippen LogP contribution in [0.15, 0.2) is 66.7 Å². The summed E-state index contributed by atoms with van der Waals surface area (Å²) in [5, 5.41) is 0.196. The summed E-state index contributed by atoms with van der Waals surface area (Å²) in [6.07, 6.45) is 23.4. The van der Waals surface area contributed by atoms with E-state index in [-0.39, 0.29) is 10.8 Å². The first-order valence-electron chi connectivity index (χ1n) is 16.7. The van der Waals surface area contributed by atoms with Gasteiger partial charge in [0.1, 0.15) is 5.82 Å². The van der Waals surface area contributed by atoms with E-state index < -0.39 is 0 Å². The van der Waals surface area contributed by atoms with Crippen LogP contribution in [0, 0.1) is 17.7 Å². The molecule has 4 rings (SSSR count). The third kappa shape index (κ3) is 11.6. The molecule has 1 saturated carbocycles.